The lowest BCUT2D eigenvalue weighted by molar-refractivity contribution is 0.671. The number of hydrogen-bond acceptors (Lipinski definition) is 2. The largest absolute Gasteiger partial charge is 0.248 e. The van der Waals surface area contributed by atoms with Gasteiger partial charge in [-0.1, -0.05) is 52.7 Å². The van der Waals surface area contributed by atoms with Crippen LogP contribution in [-0.4, -0.2) is 15.0 Å². The summed E-state index contributed by atoms with van der Waals surface area (Å²) in [4.78, 5) is 0. The van der Waals surface area contributed by atoms with Crippen LogP contribution in [0.4, 0.5) is 0 Å². The third kappa shape index (κ3) is 3.75. The minimum Gasteiger partial charge on any atom is -0.248 e. The molecule has 0 amide bonds. The van der Waals surface area contributed by atoms with Gasteiger partial charge in [-0.2, -0.15) is 0 Å². The van der Waals surface area contributed by atoms with Gasteiger partial charge in [0.05, 0.1) is 12.7 Å². The summed E-state index contributed by atoms with van der Waals surface area (Å²) in [6.45, 7) is 0.629. The Labute approximate surface area is 138 Å². The molecule has 0 fully saturated rings. The summed E-state index contributed by atoms with van der Waals surface area (Å²) >= 11 is 11.9. The van der Waals surface area contributed by atoms with Gasteiger partial charge in [0.25, 0.3) is 0 Å². The van der Waals surface area contributed by atoms with E-state index in [-0.39, 0.29) is 0 Å². The van der Waals surface area contributed by atoms with Crippen LogP contribution in [0.15, 0.2) is 60.9 Å². The molecule has 3 nitrogen and oxygen atoms in total. The van der Waals surface area contributed by atoms with Crippen LogP contribution >= 0.6 is 23.2 Å². The van der Waals surface area contributed by atoms with Crippen molar-refractivity contribution in [3.63, 3.8) is 0 Å². The first kappa shape index (κ1) is 14.8. The predicted molar refractivity (Wildman–Crippen MR) is 90.8 cm³/mol. The van der Waals surface area contributed by atoms with Gasteiger partial charge in [-0.05, 0) is 47.0 Å². The van der Waals surface area contributed by atoms with Crippen molar-refractivity contribution in [2.75, 3.05) is 0 Å². The third-order valence-corrected chi connectivity index (χ3v) is 3.73. The maximum atomic E-state index is 5.98. The Balaban J connectivity index is 1.98. The highest BCUT2D eigenvalue weighted by Gasteiger charge is 2.05. The third-order valence-electron chi connectivity index (χ3n) is 3.23. The van der Waals surface area contributed by atoms with Gasteiger partial charge in [-0.3, -0.25) is 0 Å². The monoisotopic (exact) mass is 329 g/mol. The SMILES string of the molecule is Clc1ccc(/C=C(\Cn2ccnn2)c2ccc(Cl)cc2)cc1. The normalized spacial score (nSPS) is 11.6. The molecule has 0 atom stereocenters. The summed E-state index contributed by atoms with van der Waals surface area (Å²) in [6.07, 6.45) is 5.62. The summed E-state index contributed by atoms with van der Waals surface area (Å²) < 4.78 is 1.79. The molecule has 110 valence electrons. The van der Waals surface area contributed by atoms with Crippen molar-refractivity contribution >= 4 is 34.9 Å². The number of allylic oxidation sites excluding steroid dienone is 1. The Morgan fingerprint density at radius 2 is 1.59 bits per heavy atom. The molecule has 0 spiro atoms. The van der Waals surface area contributed by atoms with E-state index in [1.54, 1.807) is 10.9 Å². The fourth-order valence-electron chi connectivity index (χ4n) is 2.14. The molecule has 3 rings (SSSR count). The van der Waals surface area contributed by atoms with Crippen molar-refractivity contribution in [3.05, 3.63) is 82.1 Å². The summed E-state index contributed by atoms with van der Waals surface area (Å²) in [7, 11) is 0. The Morgan fingerprint density at radius 1 is 0.955 bits per heavy atom. The van der Waals surface area contributed by atoms with Crippen LogP contribution in [0.25, 0.3) is 11.6 Å². The van der Waals surface area contributed by atoms with Gasteiger partial charge < -0.3 is 0 Å². The lowest BCUT2D eigenvalue weighted by Gasteiger charge is -2.09. The van der Waals surface area contributed by atoms with E-state index in [2.05, 4.69) is 16.4 Å². The highest BCUT2D eigenvalue weighted by atomic mass is 35.5. The zero-order valence-electron chi connectivity index (χ0n) is 11.7. The molecule has 0 aliphatic rings. The van der Waals surface area contributed by atoms with Crippen molar-refractivity contribution < 1.29 is 0 Å². The number of rotatable bonds is 4. The van der Waals surface area contributed by atoms with E-state index in [0.717, 1.165) is 26.7 Å². The minimum absolute atomic E-state index is 0.629. The molecular formula is C17H13Cl2N3. The molecule has 3 aromatic rings. The van der Waals surface area contributed by atoms with E-state index >= 15 is 0 Å². The highest BCUT2D eigenvalue weighted by molar-refractivity contribution is 6.30. The number of halogens is 2. The first-order valence-corrected chi connectivity index (χ1v) is 7.52. The van der Waals surface area contributed by atoms with Crippen molar-refractivity contribution in [2.24, 2.45) is 0 Å². The molecule has 1 aromatic heterocycles. The van der Waals surface area contributed by atoms with Crippen LogP contribution in [0.2, 0.25) is 10.0 Å². The Kier molecular flexibility index (Phi) is 4.56. The zero-order chi connectivity index (χ0) is 15.4. The highest BCUT2D eigenvalue weighted by Crippen LogP contribution is 2.22. The molecule has 5 heteroatoms. The average Bonchev–Trinajstić information content (AvgIpc) is 3.03. The summed E-state index contributed by atoms with van der Waals surface area (Å²) in [6, 6.07) is 15.5. The quantitative estimate of drug-likeness (QED) is 0.642. The van der Waals surface area contributed by atoms with Gasteiger partial charge in [0.2, 0.25) is 0 Å². The molecule has 0 aliphatic heterocycles. The van der Waals surface area contributed by atoms with Crippen LogP contribution < -0.4 is 0 Å². The van der Waals surface area contributed by atoms with E-state index in [4.69, 9.17) is 23.2 Å². The van der Waals surface area contributed by atoms with Gasteiger partial charge >= 0.3 is 0 Å². The zero-order valence-corrected chi connectivity index (χ0v) is 13.2. The molecular weight excluding hydrogens is 317 g/mol. The van der Waals surface area contributed by atoms with Gasteiger partial charge in [-0.15, -0.1) is 5.10 Å². The van der Waals surface area contributed by atoms with Crippen molar-refractivity contribution in [2.45, 2.75) is 6.54 Å². The Hall–Kier alpha value is -2.10. The molecule has 0 bridgehead atoms. The van der Waals surface area contributed by atoms with Gasteiger partial charge in [0.1, 0.15) is 0 Å². The predicted octanol–water partition coefficient (Wildman–Crippen LogP) is 4.83. The standard InChI is InChI=1S/C17H13Cl2N3/c18-16-5-1-13(2-6-16)11-15(12-22-10-9-20-21-22)14-3-7-17(19)8-4-14/h1-11H,12H2/b15-11+. The number of benzene rings is 2. The maximum absolute atomic E-state index is 5.98. The Bertz CT molecular complexity index is 761. The molecule has 0 unspecified atom stereocenters. The molecule has 0 N–H and O–H groups in total. The number of hydrogen-bond donors (Lipinski definition) is 0. The van der Waals surface area contributed by atoms with Crippen LogP contribution in [0.5, 0.6) is 0 Å². The Morgan fingerprint density at radius 3 is 2.18 bits per heavy atom. The lowest BCUT2D eigenvalue weighted by atomic mass is 10.0. The molecule has 2 aromatic carbocycles. The maximum Gasteiger partial charge on any atom is 0.0693 e. The van der Waals surface area contributed by atoms with Gasteiger partial charge in [0.15, 0.2) is 0 Å². The van der Waals surface area contributed by atoms with Crippen LogP contribution in [0.3, 0.4) is 0 Å². The molecule has 0 radical (unpaired) electrons. The number of nitrogens with zero attached hydrogens (tertiary/aromatic N) is 3. The van der Waals surface area contributed by atoms with Crippen molar-refractivity contribution in [1.29, 1.82) is 0 Å². The van der Waals surface area contributed by atoms with E-state index in [1.165, 1.54) is 0 Å². The minimum atomic E-state index is 0.629. The van der Waals surface area contributed by atoms with Crippen molar-refractivity contribution in [1.82, 2.24) is 15.0 Å². The lowest BCUT2D eigenvalue weighted by Crippen LogP contribution is -2.01. The molecule has 0 saturated carbocycles. The van der Waals surface area contributed by atoms with Crippen LogP contribution in [0, 0.1) is 0 Å². The smallest absolute Gasteiger partial charge is 0.0693 e. The fraction of sp³-hybridized carbons (Fsp3) is 0.0588. The average molecular weight is 330 g/mol. The van der Waals surface area contributed by atoms with E-state index in [0.29, 0.717) is 6.54 Å². The summed E-state index contributed by atoms with van der Waals surface area (Å²) in [5, 5.41) is 9.32. The molecule has 22 heavy (non-hydrogen) atoms. The van der Waals surface area contributed by atoms with Crippen LogP contribution in [0.1, 0.15) is 11.1 Å². The second kappa shape index (κ2) is 6.77. The molecule has 1 heterocycles. The topological polar surface area (TPSA) is 30.7 Å². The summed E-state index contributed by atoms with van der Waals surface area (Å²) in [5.41, 5.74) is 3.29. The first-order chi connectivity index (χ1) is 10.7. The van der Waals surface area contributed by atoms with E-state index in [9.17, 15) is 0 Å². The summed E-state index contributed by atoms with van der Waals surface area (Å²) in [5.74, 6) is 0. The molecule has 0 saturated heterocycles. The second-order valence-electron chi connectivity index (χ2n) is 4.83. The molecule has 0 aliphatic carbocycles. The van der Waals surface area contributed by atoms with Crippen molar-refractivity contribution in [3.8, 4) is 0 Å². The van der Waals surface area contributed by atoms with Crippen LogP contribution in [-0.2, 0) is 6.54 Å². The van der Waals surface area contributed by atoms with Gasteiger partial charge in [-0.25, -0.2) is 4.68 Å². The van der Waals surface area contributed by atoms with E-state index in [1.807, 2.05) is 54.7 Å². The number of aromatic nitrogens is 3. The van der Waals surface area contributed by atoms with Gasteiger partial charge in [0, 0.05) is 16.2 Å². The second-order valence-corrected chi connectivity index (χ2v) is 5.70. The van der Waals surface area contributed by atoms with E-state index < -0.39 is 0 Å². The first-order valence-electron chi connectivity index (χ1n) is 6.77. The fourth-order valence-corrected chi connectivity index (χ4v) is 2.39.